The van der Waals surface area contributed by atoms with Crippen LogP contribution in [0.3, 0.4) is 0 Å². The number of fused-ring (bicyclic) bond motifs is 1. The van der Waals surface area contributed by atoms with Gasteiger partial charge >= 0.3 is 0 Å². The van der Waals surface area contributed by atoms with E-state index >= 15 is 0 Å². The SMILES string of the molecule is CNC(=O)C(C)n1c(=S)[nH]c2ccc(OC)cc21. The lowest BCUT2D eigenvalue weighted by molar-refractivity contribution is -0.123. The molecule has 0 fully saturated rings. The number of likely N-dealkylation sites (N-methyl/N-ethyl adjacent to an activating group) is 1. The first-order chi connectivity index (χ1) is 8.58. The Kier molecular flexibility index (Phi) is 3.38. The van der Waals surface area contributed by atoms with Crippen molar-refractivity contribution >= 4 is 29.2 Å². The molecule has 0 aliphatic heterocycles. The maximum Gasteiger partial charge on any atom is 0.242 e. The van der Waals surface area contributed by atoms with Crippen LogP contribution < -0.4 is 10.1 Å². The Morgan fingerprint density at radius 1 is 1.56 bits per heavy atom. The summed E-state index contributed by atoms with van der Waals surface area (Å²) in [6.07, 6.45) is 0. The van der Waals surface area contributed by atoms with Crippen LogP contribution in [0.5, 0.6) is 5.75 Å². The Labute approximate surface area is 110 Å². The number of nitrogens with zero attached hydrogens (tertiary/aromatic N) is 1. The molecule has 1 unspecified atom stereocenters. The van der Waals surface area contributed by atoms with Gasteiger partial charge in [0.1, 0.15) is 11.8 Å². The van der Waals surface area contributed by atoms with Gasteiger partial charge in [0, 0.05) is 13.1 Å². The van der Waals surface area contributed by atoms with Crippen LogP contribution in [0, 0.1) is 4.77 Å². The highest BCUT2D eigenvalue weighted by molar-refractivity contribution is 7.71. The number of nitrogens with one attached hydrogen (secondary N) is 2. The number of carbonyl (C=O) groups is 1. The van der Waals surface area contributed by atoms with Crippen molar-refractivity contribution in [2.75, 3.05) is 14.2 Å². The molecular weight excluding hydrogens is 250 g/mol. The van der Waals surface area contributed by atoms with E-state index in [1.807, 2.05) is 18.2 Å². The third-order valence-electron chi connectivity index (χ3n) is 2.94. The molecule has 2 N–H and O–H groups in total. The van der Waals surface area contributed by atoms with E-state index in [-0.39, 0.29) is 11.9 Å². The summed E-state index contributed by atoms with van der Waals surface area (Å²) in [5, 5.41) is 2.62. The first kappa shape index (κ1) is 12.6. The average Bonchev–Trinajstić information content (AvgIpc) is 2.71. The molecule has 1 aromatic heterocycles. The number of rotatable bonds is 3. The molecule has 1 heterocycles. The van der Waals surface area contributed by atoms with Crippen molar-refractivity contribution in [1.29, 1.82) is 0 Å². The van der Waals surface area contributed by atoms with E-state index in [9.17, 15) is 4.79 Å². The number of H-pyrrole nitrogens is 1. The van der Waals surface area contributed by atoms with Crippen LogP contribution in [0.2, 0.25) is 0 Å². The molecule has 5 nitrogen and oxygen atoms in total. The number of amides is 1. The van der Waals surface area contributed by atoms with E-state index < -0.39 is 0 Å². The van der Waals surface area contributed by atoms with E-state index in [1.54, 1.807) is 25.6 Å². The fourth-order valence-electron chi connectivity index (χ4n) is 1.94. The molecule has 1 atom stereocenters. The van der Waals surface area contributed by atoms with Gasteiger partial charge in [-0.25, -0.2) is 0 Å². The van der Waals surface area contributed by atoms with E-state index in [0.29, 0.717) is 4.77 Å². The number of aromatic amines is 1. The zero-order valence-corrected chi connectivity index (χ0v) is 11.3. The lowest BCUT2D eigenvalue weighted by atomic mass is 10.2. The maximum atomic E-state index is 11.7. The normalized spacial score (nSPS) is 12.4. The molecule has 1 amide bonds. The van der Waals surface area contributed by atoms with Crippen LogP contribution in [-0.4, -0.2) is 29.6 Å². The second kappa shape index (κ2) is 4.81. The highest BCUT2D eigenvalue weighted by Crippen LogP contribution is 2.23. The summed E-state index contributed by atoms with van der Waals surface area (Å²) in [6.45, 7) is 1.81. The van der Waals surface area contributed by atoms with Crippen molar-refractivity contribution in [2.24, 2.45) is 0 Å². The Hall–Kier alpha value is -1.82. The Morgan fingerprint density at radius 2 is 2.28 bits per heavy atom. The van der Waals surface area contributed by atoms with Crippen LogP contribution in [0.1, 0.15) is 13.0 Å². The molecule has 1 aromatic carbocycles. The Balaban J connectivity index is 2.65. The standard InChI is InChI=1S/C12H15N3O2S/c1-7(11(16)13-2)15-10-6-8(17-3)4-5-9(10)14-12(15)18/h4-7H,1-3H3,(H,13,16)(H,14,18). The van der Waals surface area contributed by atoms with Gasteiger partial charge < -0.3 is 19.6 Å². The first-order valence-electron chi connectivity index (χ1n) is 5.58. The molecule has 0 aliphatic rings. The Bertz CT molecular complexity index is 644. The van der Waals surface area contributed by atoms with Crippen molar-refractivity contribution in [3.8, 4) is 5.75 Å². The van der Waals surface area contributed by atoms with Gasteiger partial charge in [-0.2, -0.15) is 0 Å². The number of aromatic nitrogens is 2. The summed E-state index contributed by atoms with van der Waals surface area (Å²) in [5.74, 6) is 0.643. The highest BCUT2D eigenvalue weighted by atomic mass is 32.1. The molecular formula is C12H15N3O2S. The largest absolute Gasteiger partial charge is 0.497 e. The number of imidazole rings is 1. The number of hydrogen-bond acceptors (Lipinski definition) is 3. The van der Waals surface area contributed by atoms with Crippen molar-refractivity contribution in [3.05, 3.63) is 23.0 Å². The van der Waals surface area contributed by atoms with Gasteiger partial charge in [-0.15, -0.1) is 0 Å². The smallest absolute Gasteiger partial charge is 0.242 e. The van der Waals surface area contributed by atoms with Crippen LogP contribution >= 0.6 is 12.2 Å². The van der Waals surface area contributed by atoms with Gasteiger partial charge in [0.2, 0.25) is 5.91 Å². The summed E-state index contributed by atoms with van der Waals surface area (Å²) in [6, 6.07) is 5.23. The molecule has 0 radical (unpaired) electrons. The second-order valence-electron chi connectivity index (χ2n) is 3.97. The number of carbonyl (C=O) groups excluding carboxylic acids is 1. The number of methoxy groups -OCH3 is 1. The molecule has 18 heavy (non-hydrogen) atoms. The van der Waals surface area contributed by atoms with Crippen molar-refractivity contribution in [1.82, 2.24) is 14.9 Å². The van der Waals surface area contributed by atoms with Gasteiger partial charge in [-0.05, 0) is 31.3 Å². The quantitative estimate of drug-likeness (QED) is 0.835. The van der Waals surface area contributed by atoms with Gasteiger partial charge in [-0.1, -0.05) is 0 Å². The second-order valence-corrected chi connectivity index (χ2v) is 4.36. The van der Waals surface area contributed by atoms with Crippen molar-refractivity contribution in [2.45, 2.75) is 13.0 Å². The minimum absolute atomic E-state index is 0.0881. The predicted octanol–water partition coefficient (Wildman–Crippen LogP) is 2.01. The number of benzene rings is 1. The highest BCUT2D eigenvalue weighted by Gasteiger charge is 2.17. The van der Waals surface area contributed by atoms with Gasteiger partial charge in [0.05, 0.1) is 18.1 Å². The predicted molar refractivity (Wildman–Crippen MR) is 72.5 cm³/mol. The van der Waals surface area contributed by atoms with E-state index in [4.69, 9.17) is 17.0 Å². The molecule has 96 valence electrons. The fraction of sp³-hybridized carbons (Fsp3) is 0.333. The third-order valence-corrected chi connectivity index (χ3v) is 3.24. The number of hydrogen-bond donors (Lipinski definition) is 2. The average molecular weight is 265 g/mol. The molecule has 0 saturated carbocycles. The van der Waals surface area contributed by atoms with Crippen LogP contribution in [0.15, 0.2) is 18.2 Å². The lowest BCUT2D eigenvalue weighted by Crippen LogP contribution is -2.27. The Morgan fingerprint density at radius 3 is 2.89 bits per heavy atom. The summed E-state index contributed by atoms with van der Waals surface area (Å²) < 4.78 is 7.50. The molecule has 2 rings (SSSR count). The number of ether oxygens (including phenoxy) is 1. The van der Waals surface area contributed by atoms with Gasteiger partial charge in [0.15, 0.2) is 4.77 Å². The van der Waals surface area contributed by atoms with Gasteiger partial charge in [0.25, 0.3) is 0 Å². The first-order valence-corrected chi connectivity index (χ1v) is 5.99. The van der Waals surface area contributed by atoms with Crippen molar-refractivity contribution < 1.29 is 9.53 Å². The summed E-state index contributed by atoms with van der Waals surface area (Å²) in [5.41, 5.74) is 1.74. The molecule has 0 spiro atoms. The minimum Gasteiger partial charge on any atom is -0.497 e. The third kappa shape index (κ3) is 1.99. The molecule has 0 aliphatic carbocycles. The van der Waals surface area contributed by atoms with Crippen LogP contribution in [-0.2, 0) is 4.79 Å². The van der Waals surface area contributed by atoms with E-state index in [2.05, 4.69) is 10.3 Å². The fourth-order valence-corrected chi connectivity index (χ4v) is 2.31. The monoisotopic (exact) mass is 265 g/mol. The molecule has 6 heteroatoms. The minimum atomic E-state index is -0.372. The summed E-state index contributed by atoms with van der Waals surface area (Å²) in [4.78, 5) is 14.8. The van der Waals surface area contributed by atoms with E-state index in [1.165, 1.54) is 0 Å². The zero-order valence-electron chi connectivity index (χ0n) is 10.5. The van der Waals surface area contributed by atoms with Crippen LogP contribution in [0.4, 0.5) is 0 Å². The maximum absolute atomic E-state index is 11.7. The lowest BCUT2D eigenvalue weighted by Gasteiger charge is -2.13. The summed E-state index contributed by atoms with van der Waals surface area (Å²) in [7, 11) is 3.22. The molecule has 0 bridgehead atoms. The molecule has 0 saturated heterocycles. The molecule has 2 aromatic rings. The van der Waals surface area contributed by atoms with Gasteiger partial charge in [-0.3, -0.25) is 4.79 Å². The van der Waals surface area contributed by atoms with Crippen LogP contribution in [0.25, 0.3) is 11.0 Å². The van der Waals surface area contributed by atoms with Crippen molar-refractivity contribution in [3.63, 3.8) is 0 Å². The zero-order chi connectivity index (χ0) is 13.3. The van der Waals surface area contributed by atoms with E-state index in [0.717, 1.165) is 16.8 Å². The summed E-state index contributed by atoms with van der Waals surface area (Å²) >= 11 is 5.26. The topological polar surface area (TPSA) is 59.0 Å².